The van der Waals surface area contributed by atoms with Crippen molar-refractivity contribution in [3.63, 3.8) is 0 Å². The molecule has 0 saturated heterocycles. The first-order chi connectivity index (χ1) is 9.20. The van der Waals surface area contributed by atoms with Crippen LogP contribution >= 0.6 is 0 Å². The summed E-state index contributed by atoms with van der Waals surface area (Å²) in [4.78, 5) is 16.0. The molecule has 2 heterocycles. The molecule has 19 heavy (non-hydrogen) atoms. The van der Waals surface area contributed by atoms with Crippen molar-refractivity contribution in [2.24, 2.45) is 0 Å². The highest BCUT2D eigenvalue weighted by Crippen LogP contribution is 2.10. The van der Waals surface area contributed by atoms with Gasteiger partial charge in [0.2, 0.25) is 0 Å². The van der Waals surface area contributed by atoms with Crippen molar-refractivity contribution in [1.29, 1.82) is 0 Å². The summed E-state index contributed by atoms with van der Waals surface area (Å²) in [6, 6.07) is 1.69. The monoisotopic (exact) mass is 262 g/mol. The van der Waals surface area contributed by atoms with Crippen molar-refractivity contribution in [3.8, 4) is 0 Å². The third-order valence-electron chi connectivity index (χ3n) is 2.83. The highest BCUT2D eigenvalue weighted by atomic mass is 16.1. The first kappa shape index (κ1) is 13.1. The Hall–Kier alpha value is -2.31. The molecular formula is C12H18N6O. The largest absolute Gasteiger partial charge is 0.397 e. The highest BCUT2D eigenvalue weighted by Gasteiger charge is 2.11. The van der Waals surface area contributed by atoms with Gasteiger partial charge in [0.25, 0.3) is 5.91 Å². The van der Waals surface area contributed by atoms with E-state index in [9.17, 15) is 4.79 Å². The van der Waals surface area contributed by atoms with Gasteiger partial charge in [0.1, 0.15) is 17.8 Å². The van der Waals surface area contributed by atoms with Gasteiger partial charge in [-0.15, -0.1) is 0 Å². The summed E-state index contributed by atoms with van der Waals surface area (Å²) in [6.07, 6.45) is 4.81. The lowest BCUT2D eigenvalue weighted by molar-refractivity contribution is 0.0944. The van der Waals surface area contributed by atoms with E-state index in [1.165, 1.54) is 6.33 Å². The maximum atomic E-state index is 12.0. The topological polar surface area (TPSA) is 102 Å². The van der Waals surface area contributed by atoms with E-state index >= 15 is 0 Å². The van der Waals surface area contributed by atoms with E-state index in [2.05, 4.69) is 20.5 Å². The SMILES string of the molecule is CCn1cc(N)cc1C(=O)NCCCc1ncn[nH]1. The standard InChI is InChI=1S/C12H18N6O/c1-2-18-7-9(13)6-10(18)12(19)14-5-3-4-11-15-8-16-17-11/h6-8H,2-5,13H2,1H3,(H,14,19)(H,15,16,17). The fourth-order valence-electron chi connectivity index (χ4n) is 1.88. The summed E-state index contributed by atoms with van der Waals surface area (Å²) in [5.74, 6) is 0.728. The molecule has 0 unspecified atom stereocenters. The van der Waals surface area contributed by atoms with Crippen LogP contribution < -0.4 is 11.1 Å². The van der Waals surface area contributed by atoms with Gasteiger partial charge in [-0.3, -0.25) is 9.89 Å². The number of carbonyl (C=O) groups is 1. The molecule has 7 nitrogen and oxygen atoms in total. The number of aromatic amines is 1. The number of carbonyl (C=O) groups excluding carboxylic acids is 1. The van der Waals surface area contributed by atoms with Crippen molar-refractivity contribution in [1.82, 2.24) is 25.1 Å². The molecule has 0 aliphatic heterocycles. The van der Waals surface area contributed by atoms with E-state index in [4.69, 9.17) is 5.73 Å². The van der Waals surface area contributed by atoms with Gasteiger partial charge in [0.15, 0.2) is 0 Å². The summed E-state index contributed by atoms with van der Waals surface area (Å²) in [5.41, 5.74) is 6.89. The summed E-state index contributed by atoms with van der Waals surface area (Å²) in [6.45, 7) is 3.28. The van der Waals surface area contributed by atoms with Crippen LogP contribution in [0.5, 0.6) is 0 Å². The first-order valence-corrected chi connectivity index (χ1v) is 6.28. The summed E-state index contributed by atoms with van der Waals surface area (Å²) >= 11 is 0. The molecule has 0 bridgehead atoms. The third kappa shape index (κ3) is 3.34. The van der Waals surface area contributed by atoms with Crippen molar-refractivity contribution in [2.45, 2.75) is 26.3 Å². The van der Waals surface area contributed by atoms with Crippen LogP contribution in [0.3, 0.4) is 0 Å². The van der Waals surface area contributed by atoms with Gasteiger partial charge in [-0.2, -0.15) is 5.10 Å². The van der Waals surface area contributed by atoms with Gasteiger partial charge in [-0.05, 0) is 19.4 Å². The van der Waals surface area contributed by atoms with Gasteiger partial charge in [-0.1, -0.05) is 0 Å². The lowest BCUT2D eigenvalue weighted by Crippen LogP contribution is -2.27. The molecule has 2 aromatic heterocycles. The second-order valence-corrected chi connectivity index (χ2v) is 4.24. The van der Waals surface area contributed by atoms with Crippen molar-refractivity contribution < 1.29 is 4.79 Å². The molecule has 2 aromatic rings. The minimum absolute atomic E-state index is 0.101. The van der Waals surface area contributed by atoms with Gasteiger partial charge < -0.3 is 15.6 Å². The number of rotatable bonds is 6. The lowest BCUT2D eigenvalue weighted by atomic mass is 10.3. The second kappa shape index (κ2) is 6.03. The molecule has 2 rings (SSSR count). The van der Waals surface area contributed by atoms with Crippen LogP contribution in [0.1, 0.15) is 29.7 Å². The zero-order valence-corrected chi connectivity index (χ0v) is 10.9. The average Bonchev–Trinajstić information content (AvgIpc) is 3.03. The van der Waals surface area contributed by atoms with E-state index in [1.807, 2.05) is 11.5 Å². The Balaban J connectivity index is 1.80. The maximum Gasteiger partial charge on any atom is 0.267 e. The Morgan fingerprint density at radius 1 is 1.58 bits per heavy atom. The molecule has 0 saturated carbocycles. The number of hydrogen-bond acceptors (Lipinski definition) is 4. The zero-order valence-electron chi connectivity index (χ0n) is 10.9. The molecule has 0 spiro atoms. The van der Waals surface area contributed by atoms with Gasteiger partial charge in [0.05, 0.1) is 5.69 Å². The highest BCUT2D eigenvalue weighted by molar-refractivity contribution is 5.93. The number of aryl methyl sites for hydroxylation is 2. The van der Waals surface area contributed by atoms with E-state index < -0.39 is 0 Å². The third-order valence-corrected chi connectivity index (χ3v) is 2.83. The Morgan fingerprint density at radius 2 is 2.42 bits per heavy atom. The van der Waals surface area contributed by atoms with E-state index in [1.54, 1.807) is 12.3 Å². The second-order valence-electron chi connectivity index (χ2n) is 4.24. The normalized spacial score (nSPS) is 10.6. The van der Waals surface area contributed by atoms with Crippen LogP contribution in [0.25, 0.3) is 0 Å². The Morgan fingerprint density at radius 3 is 3.11 bits per heavy atom. The molecule has 0 fully saturated rings. The summed E-state index contributed by atoms with van der Waals surface area (Å²) in [7, 11) is 0. The summed E-state index contributed by atoms with van der Waals surface area (Å²) in [5, 5.41) is 9.42. The number of nitrogen functional groups attached to an aromatic ring is 1. The summed E-state index contributed by atoms with van der Waals surface area (Å²) < 4.78 is 1.83. The van der Waals surface area contributed by atoms with Gasteiger partial charge in [-0.25, -0.2) is 4.98 Å². The van der Waals surface area contributed by atoms with Crippen molar-refractivity contribution in [2.75, 3.05) is 12.3 Å². The molecule has 4 N–H and O–H groups in total. The maximum absolute atomic E-state index is 12.0. The Labute approximate surface area is 111 Å². The number of nitrogens with one attached hydrogen (secondary N) is 2. The molecule has 0 aliphatic carbocycles. The molecule has 0 atom stereocenters. The first-order valence-electron chi connectivity index (χ1n) is 6.28. The Bertz CT molecular complexity index is 530. The van der Waals surface area contributed by atoms with Crippen LogP contribution in [-0.2, 0) is 13.0 Å². The van der Waals surface area contributed by atoms with Crippen LogP contribution in [0.15, 0.2) is 18.6 Å². The number of hydrogen-bond donors (Lipinski definition) is 3. The van der Waals surface area contributed by atoms with E-state index in [0.717, 1.165) is 25.2 Å². The van der Waals surface area contributed by atoms with Gasteiger partial charge in [0, 0.05) is 25.7 Å². The molecule has 1 amide bonds. The van der Waals surface area contributed by atoms with Crippen molar-refractivity contribution in [3.05, 3.63) is 30.1 Å². The average molecular weight is 262 g/mol. The molecule has 7 heteroatoms. The smallest absolute Gasteiger partial charge is 0.267 e. The van der Waals surface area contributed by atoms with Crippen LogP contribution in [0.2, 0.25) is 0 Å². The van der Waals surface area contributed by atoms with Crippen molar-refractivity contribution >= 4 is 11.6 Å². The lowest BCUT2D eigenvalue weighted by Gasteiger charge is -2.07. The Kier molecular flexibility index (Phi) is 4.17. The minimum atomic E-state index is -0.101. The van der Waals surface area contributed by atoms with Gasteiger partial charge >= 0.3 is 0 Å². The fraction of sp³-hybridized carbons (Fsp3) is 0.417. The van der Waals surface area contributed by atoms with E-state index in [0.29, 0.717) is 17.9 Å². The number of amides is 1. The molecule has 0 radical (unpaired) electrons. The van der Waals surface area contributed by atoms with E-state index in [-0.39, 0.29) is 5.91 Å². The predicted molar refractivity (Wildman–Crippen MR) is 71.6 cm³/mol. The predicted octanol–water partition coefficient (Wildman–Crippen LogP) is 0.571. The molecule has 102 valence electrons. The molecular weight excluding hydrogens is 244 g/mol. The quantitative estimate of drug-likeness (QED) is 0.662. The molecule has 0 aromatic carbocycles. The number of H-pyrrole nitrogens is 1. The van der Waals surface area contributed by atoms with Crippen LogP contribution in [0, 0.1) is 0 Å². The van der Waals surface area contributed by atoms with Crippen LogP contribution in [-0.4, -0.2) is 32.2 Å². The minimum Gasteiger partial charge on any atom is -0.397 e. The fourth-order valence-corrected chi connectivity index (χ4v) is 1.88. The van der Waals surface area contributed by atoms with Crippen LogP contribution in [0.4, 0.5) is 5.69 Å². The zero-order chi connectivity index (χ0) is 13.7. The number of aromatic nitrogens is 4. The number of anilines is 1. The number of nitrogens with zero attached hydrogens (tertiary/aromatic N) is 3. The number of nitrogens with two attached hydrogens (primary N) is 1. The molecule has 0 aliphatic rings.